The summed E-state index contributed by atoms with van der Waals surface area (Å²) in [4.78, 5) is 3.81. The zero-order chi connectivity index (χ0) is 13.3. The molecule has 0 N–H and O–H groups in total. The van der Waals surface area contributed by atoms with Crippen molar-refractivity contribution in [3.63, 3.8) is 0 Å². The first-order chi connectivity index (χ1) is 8.38. The lowest BCUT2D eigenvalue weighted by Crippen LogP contribution is -2.07. The molecule has 4 nitrogen and oxygen atoms in total. The minimum absolute atomic E-state index is 0.0291. The summed E-state index contributed by atoms with van der Waals surface area (Å²) in [5.74, 6) is -0.312. The van der Waals surface area contributed by atoms with Crippen molar-refractivity contribution >= 4 is 15.9 Å². The van der Waals surface area contributed by atoms with E-state index in [9.17, 15) is 13.2 Å². The van der Waals surface area contributed by atoms with Gasteiger partial charge in [-0.3, -0.25) is 0 Å². The number of aromatic nitrogens is 3. The van der Waals surface area contributed by atoms with Crippen molar-refractivity contribution in [3.05, 3.63) is 34.6 Å². The molecule has 0 aliphatic carbocycles. The molecule has 8 heteroatoms. The van der Waals surface area contributed by atoms with Crippen LogP contribution in [0, 0.1) is 0 Å². The maximum Gasteiger partial charge on any atom is 0.419 e. The first-order valence-corrected chi connectivity index (χ1v) is 5.58. The third-order valence-corrected chi connectivity index (χ3v) is 2.43. The Morgan fingerprint density at radius 2 is 1.94 bits per heavy atom. The second-order valence-electron chi connectivity index (χ2n) is 3.38. The Hall–Kier alpha value is -1.57. The largest absolute Gasteiger partial charge is 0.424 e. The minimum atomic E-state index is -4.48. The van der Waals surface area contributed by atoms with E-state index >= 15 is 0 Å². The Morgan fingerprint density at radius 3 is 2.50 bits per heavy atom. The standard InChI is InChI=1S/C10H7BrF3N3O/c1-17-9(15-8(11)16-17)18-7-5-3-2-4-6(7)10(12,13)14/h2-5H,1H3. The molecule has 0 fully saturated rings. The Bertz CT molecular complexity index is 568. The lowest BCUT2D eigenvalue weighted by atomic mass is 10.2. The van der Waals surface area contributed by atoms with Crippen molar-refractivity contribution in [2.24, 2.45) is 7.05 Å². The van der Waals surface area contributed by atoms with E-state index in [4.69, 9.17) is 4.74 Å². The van der Waals surface area contributed by atoms with Gasteiger partial charge in [-0.2, -0.15) is 18.2 Å². The van der Waals surface area contributed by atoms with E-state index < -0.39 is 11.7 Å². The van der Waals surface area contributed by atoms with Gasteiger partial charge in [-0.05, 0) is 28.1 Å². The van der Waals surface area contributed by atoms with E-state index in [-0.39, 0.29) is 16.5 Å². The molecule has 96 valence electrons. The van der Waals surface area contributed by atoms with Gasteiger partial charge in [0.1, 0.15) is 5.75 Å². The van der Waals surface area contributed by atoms with Gasteiger partial charge in [0.05, 0.1) is 5.56 Å². The van der Waals surface area contributed by atoms with Crippen molar-refractivity contribution in [3.8, 4) is 11.8 Å². The molecular weight excluding hydrogens is 315 g/mol. The van der Waals surface area contributed by atoms with Crippen LogP contribution >= 0.6 is 15.9 Å². The predicted molar refractivity (Wildman–Crippen MR) is 60.2 cm³/mol. The summed E-state index contributed by atoms with van der Waals surface area (Å²) < 4.78 is 44.8. The highest BCUT2D eigenvalue weighted by molar-refractivity contribution is 9.10. The fourth-order valence-corrected chi connectivity index (χ4v) is 1.71. The Morgan fingerprint density at radius 1 is 1.28 bits per heavy atom. The Labute approximate surface area is 109 Å². The third-order valence-electron chi connectivity index (χ3n) is 2.09. The number of aryl methyl sites for hydroxylation is 1. The quantitative estimate of drug-likeness (QED) is 0.851. The van der Waals surface area contributed by atoms with Gasteiger partial charge in [0, 0.05) is 7.05 Å². The fraction of sp³-hybridized carbons (Fsp3) is 0.200. The molecule has 0 radical (unpaired) electrons. The molecule has 0 spiro atoms. The Kier molecular flexibility index (Phi) is 3.29. The number of benzene rings is 1. The summed E-state index contributed by atoms with van der Waals surface area (Å²) in [6.07, 6.45) is -4.48. The van der Waals surface area contributed by atoms with E-state index in [1.54, 1.807) is 0 Å². The van der Waals surface area contributed by atoms with Gasteiger partial charge in [-0.25, -0.2) is 4.68 Å². The lowest BCUT2D eigenvalue weighted by Gasteiger charge is -2.12. The SMILES string of the molecule is Cn1nc(Br)nc1Oc1ccccc1C(F)(F)F. The van der Waals surface area contributed by atoms with Crippen molar-refractivity contribution in [1.29, 1.82) is 0 Å². The fourth-order valence-electron chi connectivity index (χ4n) is 1.32. The van der Waals surface area contributed by atoms with Gasteiger partial charge >= 0.3 is 12.2 Å². The average Bonchev–Trinajstić information content (AvgIpc) is 2.57. The van der Waals surface area contributed by atoms with Gasteiger partial charge in [-0.15, -0.1) is 5.10 Å². The summed E-state index contributed by atoms with van der Waals surface area (Å²) in [6.45, 7) is 0. The molecule has 18 heavy (non-hydrogen) atoms. The van der Waals surface area contributed by atoms with Gasteiger partial charge in [-0.1, -0.05) is 12.1 Å². The highest BCUT2D eigenvalue weighted by atomic mass is 79.9. The van der Waals surface area contributed by atoms with Crippen LogP contribution in [0.5, 0.6) is 11.8 Å². The second-order valence-corrected chi connectivity index (χ2v) is 4.09. The molecule has 0 aliphatic rings. The van der Waals surface area contributed by atoms with E-state index in [1.165, 1.54) is 29.9 Å². The molecule has 2 rings (SSSR count). The molecule has 0 bridgehead atoms. The molecule has 0 atom stereocenters. The molecular formula is C10H7BrF3N3O. The van der Waals surface area contributed by atoms with Crippen LogP contribution in [0.15, 0.2) is 29.0 Å². The number of ether oxygens (including phenoxy) is 1. The smallest absolute Gasteiger partial charge is 0.419 e. The number of hydrogen-bond acceptors (Lipinski definition) is 3. The molecule has 1 aromatic heterocycles. The Balaban J connectivity index is 2.38. The summed E-state index contributed by atoms with van der Waals surface area (Å²) >= 11 is 3.01. The molecule has 2 aromatic rings. The third kappa shape index (κ3) is 2.63. The van der Waals surface area contributed by atoms with E-state index in [0.29, 0.717) is 0 Å². The van der Waals surface area contributed by atoms with Crippen molar-refractivity contribution < 1.29 is 17.9 Å². The molecule has 0 aliphatic heterocycles. The summed E-state index contributed by atoms with van der Waals surface area (Å²) in [5, 5.41) is 3.82. The van der Waals surface area contributed by atoms with E-state index in [0.717, 1.165) is 6.07 Å². The number of para-hydroxylation sites is 1. The van der Waals surface area contributed by atoms with Crippen LogP contribution in [0.4, 0.5) is 13.2 Å². The summed E-state index contributed by atoms with van der Waals surface area (Å²) in [6, 6.07) is 4.89. The van der Waals surface area contributed by atoms with Crippen LogP contribution in [0.2, 0.25) is 0 Å². The minimum Gasteiger partial charge on any atom is -0.424 e. The topological polar surface area (TPSA) is 39.9 Å². The van der Waals surface area contributed by atoms with E-state index in [1.807, 2.05) is 0 Å². The van der Waals surface area contributed by atoms with E-state index in [2.05, 4.69) is 26.0 Å². The first kappa shape index (κ1) is 12.9. The molecule has 1 aromatic carbocycles. The second kappa shape index (κ2) is 4.60. The predicted octanol–water partition coefficient (Wildman–Crippen LogP) is 3.39. The summed E-state index contributed by atoms with van der Waals surface area (Å²) in [5.41, 5.74) is -0.857. The highest BCUT2D eigenvalue weighted by Crippen LogP contribution is 2.37. The van der Waals surface area contributed by atoms with Gasteiger partial charge in [0.25, 0.3) is 0 Å². The van der Waals surface area contributed by atoms with Crippen molar-refractivity contribution in [1.82, 2.24) is 14.8 Å². The monoisotopic (exact) mass is 321 g/mol. The first-order valence-electron chi connectivity index (χ1n) is 4.78. The zero-order valence-corrected chi connectivity index (χ0v) is 10.7. The van der Waals surface area contributed by atoms with Gasteiger partial charge in [0.15, 0.2) is 0 Å². The van der Waals surface area contributed by atoms with Crippen LogP contribution in [0.3, 0.4) is 0 Å². The molecule has 0 amide bonds. The van der Waals surface area contributed by atoms with Crippen molar-refractivity contribution in [2.75, 3.05) is 0 Å². The molecule has 1 heterocycles. The molecule has 0 saturated carbocycles. The number of nitrogens with zero attached hydrogens (tertiary/aromatic N) is 3. The summed E-state index contributed by atoms with van der Waals surface area (Å²) in [7, 11) is 1.52. The number of hydrogen-bond donors (Lipinski definition) is 0. The van der Waals surface area contributed by atoms with Crippen molar-refractivity contribution in [2.45, 2.75) is 6.18 Å². The number of halogens is 4. The average molecular weight is 322 g/mol. The highest BCUT2D eigenvalue weighted by Gasteiger charge is 2.34. The van der Waals surface area contributed by atoms with Crippen LogP contribution in [-0.2, 0) is 13.2 Å². The van der Waals surface area contributed by atoms with Crippen LogP contribution < -0.4 is 4.74 Å². The molecule has 0 unspecified atom stereocenters. The number of rotatable bonds is 2. The maximum absolute atomic E-state index is 12.7. The van der Waals surface area contributed by atoms with Crippen LogP contribution in [-0.4, -0.2) is 14.8 Å². The number of alkyl halides is 3. The normalized spacial score (nSPS) is 11.6. The van der Waals surface area contributed by atoms with Gasteiger partial charge in [0.2, 0.25) is 4.73 Å². The maximum atomic E-state index is 12.7. The van der Waals surface area contributed by atoms with Gasteiger partial charge < -0.3 is 4.74 Å². The molecule has 0 saturated heterocycles. The van der Waals surface area contributed by atoms with Crippen LogP contribution in [0.1, 0.15) is 5.56 Å². The lowest BCUT2D eigenvalue weighted by molar-refractivity contribution is -0.138. The zero-order valence-electron chi connectivity index (χ0n) is 9.07. The van der Waals surface area contributed by atoms with Crippen LogP contribution in [0.25, 0.3) is 0 Å².